The first-order chi connectivity index (χ1) is 10.1. The number of nitrogens with two attached hydrogens (primary N) is 1. The molecule has 1 aliphatic rings. The zero-order chi connectivity index (χ0) is 15.2. The van der Waals surface area contributed by atoms with Crippen LogP contribution >= 0.6 is 11.6 Å². The van der Waals surface area contributed by atoms with Crippen molar-refractivity contribution in [1.29, 1.82) is 0 Å². The molecule has 0 radical (unpaired) electrons. The fourth-order valence-corrected chi connectivity index (χ4v) is 3.09. The monoisotopic (exact) mass is 309 g/mol. The molecule has 1 amide bonds. The minimum atomic E-state index is -0.239. The highest BCUT2D eigenvalue weighted by Crippen LogP contribution is 2.30. The van der Waals surface area contributed by atoms with Crippen LogP contribution in [0.2, 0.25) is 5.02 Å². The van der Waals surface area contributed by atoms with Crippen LogP contribution in [0.4, 0.5) is 5.69 Å². The Balaban J connectivity index is 2.25. The SMILES string of the molecule is CCCNCc1cc(Cl)ccc1N1CCCCC1C(N)=O. The molecule has 1 heterocycles. The third kappa shape index (κ3) is 4.11. The molecule has 1 aromatic carbocycles. The number of amides is 1. The van der Waals surface area contributed by atoms with Crippen molar-refractivity contribution in [2.75, 3.05) is 18.0 Å². The number of piperidine rings is 1. The highest BCUT2D eigenvalue weighted by Gasteiger charge is 2.28. The molecule has 1 unspecified atom stereocenters. The molecule has 2 rings (SSSR count). The van der Waals surface area contributed by atoms with Crippen molar-refractivity contribution >= 4 is 23.2 Å². The van der Waals surface area contributed by atoms with Crippen LogP contribution in [0.3, 0.4) is 0 Å². The zero-order valence-corrected chi connectivity index (χ0v) is 13.3. The van der Waals surface area contributed by atoms with Crippen LogP contribution in [0.5, 0.6) is 0 Å². The Morgan fingerprint density at radius 3 is 3.00 bits per heavy atom. The number of hydrogen-bond acceptors (Lipinski definition) is 3. The van der Waals surface area contributed by atoms with Gasteiger partial charge >= 0.3 is 0 Å². The van der Waals surface area contributed by atoms with Gasteiger partial charge in [0.05, 0.1) is 0 Å². The predicted octanol–water partition coefficient (Wildman–Crippen LogP) is 2.68. The van der Waals surface area contributed by atoms with Crippen LogP contribution in [0, 0.1) is 0 Å². The van der Waals surface area contributed by atoms with Crippen LogP contribution in [0.15, 0.2) is 18.2 Å². The van der Waals surface area contributed by atoms with Crippen molar-refractivity contribution in [2.24, 2.45) is 5.73 Å². The second kappa shape index (κ2) is 7.66. The molecule has 21 heavy (non-hydrogen) atoms. The lowest BCUT2D eigenvalue weighted by Crippen LogP contribution is -2.48. The minimum absolute atomic E-state index is 0.204. The van der Waals surface area contributed by atoms with Gasteiger partial charge in [0.25, 0.3) is 0 Å². The van der Waals surface area contributed by atoms with Gasteiger partial charge in [-0.05, 0) is 56.0 Å². The standard InChI is InChI=1S/C16H24ClN3O/c1-2-8-19-11-12-10-13(17)6-7-14(12)20-9-4-3-5-15(20)16(18)21/h6-7,10,15,19H,2-5,8-9,11H2,1H3,(H2,18,21). The Labute approximate surface area is 131 Å². The van der Waals surface area contributed by atoms with Crippen molar-refractivity contribution in [2.45, 2.75) is 45.2 Å². The molecule has 1 atom stereocenters. The minimum Gasteiger partial charge on any atom is -0.368 e. The van der Waals surface area contributed by atoms with Crippen LogP contribution in [-0.4, -0.2) is 25.0 Å². The summed E-state index contributed by atoms with van der Waals surface area (Å²) in [5, 5.41) is 4.12. The molecular weight excluding hydrogens is 286 g/mol. The summed E-state index contributed by atoms with van der Waals surface area (Å²) in [4.78, 5) is 13.9. The van der Waals surface area contributed by atoms with Gasteiger partial charge in [0.1, 0.15) is 6.04 Å². The smallest absolute Gasteiger partial charge is 0.240 e. The number of carbonyl (C=O) groups excluding carboxylic acids is 1. The molecule has 0 bridgehead atoms. The number of carbonyl (C=O) groups is 1. The third-order valence-corrected chi connectivity index (χ3v) is 4.16. The van der Waals surface area contributed by atoms with Gasteiger partial charge in [0.15, 0.2) is 0 Å². The third-order valence-electron chi connectivity index (χ3n) is 3.92. The summed E-state index contributed by atoms with van der Waals surface area (Å²) in [6.07, 6.45) is 4.07. The highest BCUT2D eigenvalue weighted by molar-refractivity contribution is 6.30. The number of hydrogen-bond donors (Lipinski definition) is 2. The fourth-order valence-electron chi connectivity index (χ4n) is 2.89. The molecule has 0 aliphatic carbocycles. The summed E-state index contributed by atoms with van der Waals surface area (Å²) in [6.45, 7) is 4.73. The Hall–Kier alpha value is -1.26. The number of anilines is 1. The molecule has 0 spiro atoms. The fraction of sp³-hybridized carbons (Fsp3) is 0.562. The average Bonchev–Trinajstić information content (AvgIpc) is 2.48. The van der Waals surface area contributed by atoms with E-state index in [2.05, 4.69) is 17.1 Å². The van der Waals surface area contributed by atoms with Crippen molar-refractivity contribution in [3.63, 3.8) is 0 Å². The van der Waals surface area contributed by atoms with E-state index in [9.17, 15) is 4.79 Å². The number of nitrogens with zero attached hydrogens (tertiary/aromatic N) is 1. The highest BCUT2D eigenvalue weighted by atomic mass is 35.5. The lowest BCUT2D eigenvalue weighted by molar-refractivity contribution is -0.119. The summed E-state index contributed by atoms with van der Waals surface area (Å²) in [5.41, 5.74) is 7.78. The first kappa shape index (κ1) is 16.1. The molecule has 1 saturated heterocycles. The summed E-state index contributed by atoms with van der Waals surface area (Å²) < 4.78 is 0. The van der Waals surface area contributed by atoms with E-state index >= 15 is 0 Å². The van der Waals surface area contributed by atoms with E-state index < -0.39 is 0 Å². The quantitative estimate of drug-likeness (QED) is 0.794. The molecule has 3 N–H and O–H groups in total. The number of halogens is 1. The van der Waals surface area contributed by atoms with Gasteiger partial charge in [-0.2, -0.15) is 0 Å². The van der Waals surface area contributed by atoms with Gasteiger partial charge in [-0.25, -0.2) is 0 Å². The molecule has 1 fully saturated rings. The lowest BCUT2D eigenvalue weighted by atomic mass is 9.99. The van der Waals surface area contributed by atoms with E-state index in [0.717, 1.165) is 61.6 Å². The van der Waals surface area contributed by atoms with Crippen molar-refractivity contribution < 1.29 is 4.79 Å². The normalized spacial score (nSPS) is 18.8. The van der Waals surface area contributed by atoms with E-state index in [4.69, 9.17) is 17.3 Å². The average molecular weight is 310 g/mol. The Morgan fingerprint density at radius 1 is 1.48 bits per heavy atom. The first-order valence-electron chi connectivity index (χ1n) is 7.68. The van der Waals surface area contributed by atoms with Gasteiger partial charge in [-0.1, -0.05) is 18.5 Å². The Kier molecular flexibility index (Phi) is 5.88. The summed E-state index contributed by atoms with van der Waals surface area (Å²) in [6, 6.07) is 5.66. The van der Waals surface area contributed by atoms with Crippen LogP contribution < -0.4 is 16.0 Å². The van der Waals surface area contributed by atoms with Gasteiger partial charge < -0.3 is 16.0 Å². The first-order valence-corrected chi connectivity index (χ1v) is 8.06. The van der Waals surface area contributed by atoms with Crippen LogP contribution in [-0.2, 0) is 11.3 Å². The molecule has 1 aliphatic heterocycles. The summed E-state index contributed by atoms with van der Waals surface area (Å²) in [7, 11) is 0. The zero-order valence-electron chi connectivity index (χ0n) is 12.6. The number of benzene rings is 1. The topological polar surface area (TPSA) is 58.4 Å². The molecule has 116 valence electrons. The number of nitrogens with one attached hydrogen (secondary N) is 1. The number of rotatable bonds is 6. The maximum atomic E-state index is 11.7. The van der Waals surface area contributed by atoms with Crippen LogP contribution in [0.25, 0.3) is 0 Å². The predicted molar refractivity (Wildman–Crippen MR) is 87.6 cm³/mol. The largest absolute Gasteiger partial charge is 0.368 e. The molecule has 5 heteroatoms. The van der Waals surface area contributed by atoms with E-state index in [1.54, 1.807) is 0 Å². The van der Waals surface area contributed by atoms with Gasteiger partial charge in [-0.3, -0.25) is 4.79 Å². The van der Waals surface area contributed by atoms with E-state index in [0.29, 0.717) is 0 Å². The van der Waals surface area contributed by atoms with E-state index in [1.165, 1.54) is 0 Å². The van der Waals surface area contributed by atoms with Crippen LogP contribution in [0.1, 0.15) is 38.2 Å². The molecule has 1 aromatic rings. The molecule has 0 saturated carbocycles. The van der Waals surface area contributed by atoms with Crippen molar-refractivity contribution in [3.8, 4) is 0 Å². The summed E-state index contributed by atoms with van der Waals surface area (Å²) >= 11 is 6.13. The maximum Gasteiger partial charge on any atom is 0.240 e. The number of primary amides is 1. The Bertz CT molecular complexity index is 492. The van der Waals surface area contributed by atoms with Gasteiger partial charge in [0, 0.05) is 23.8 Å². The molecule has 0 aromatic heterocycles. The summed E-state index contributed by atoms with van der Waals surface area (Å²) in [5.74, 6) is -0.239. The second-order valence-corrected chi connectivity index (χ2v) is 5.99. The van der Waals surface area contributed by atoms with Crippen molar-refractivity contribution in [1.82, 2.24) is 5.32 Å². The van der Waals surface area contributed by atoms with E-state index in [1.807, 2.05) is 18.2 Å². The van der Waals surface area contributed by atoms with Gasteiger partial charge in [-0.15, -0.1) is 0 Å². The Morgan fingerprint density at radius 2 is 2.29 bits per heavy atom. The maximum absolute atomic E-state index is 11.7. The lowest BCUT2D eigenvalue weighted by Gasteiger charge is -2.37. The van der Waals surface area contributed by atoms with Crippen molar-refractivity contribution in [3.05, 3.63) is 28.8 Å². The molecule has 4 nitrogen and oxygen atoms in total. The van der Waals surface area contributed by atoms with E-state index in [-0.39, 0.29) is 11.9 Å². The molecular formula is C16H24ClN3O. The second-order valence-electron chi connectivity index (χ2n) is 5.56. The van der Waals surface area contributed by atoms with Gasteiger partial charge in [0.2, 0.25) is 5.91 Å².